The van der Waals surface area contributed by atoms with E-state index in [1.54, 1.807) is 17.0 Å². The van der Waals surface area contributed by atoms with Crippen LogP contribution in [0, 0.1) is 0 Å². The molecule has 0 unspecified atom stereocenters. The number of rotatable bonds is 7. The zero-order chi connectivity index (χ0) is 18.3. The standard InChI is InChI=1S/C16H22ClN3O4/c1-4-20(5-2)15(23)12-7-6-11(10-13(12)17)18-16(24)19(3)9-8-14(21)22/h6-7,10H,4-5,8-9H2,1-3H3,(H,18,24)(H,21,22). The van der Waals surface area contributed by atoms with E-state index < -0.39 is 12.0 Å². The maximum atomic E-state index is 12.3. The molecule has 0 bridgehead atoms. The van der Waals surface area contributed by atoms with E-state index in [2.05, 4.69) is 5.32 Å². The molecule has 0 spiro atoms. The maximum absolute atomic E-state index is 12.3. The number of aliphatic carboxylic acids is 1. The molecular formula is C16H22ClN3O4. The topological polar surface area (TPSA) is 90.0 Å². The second-order valence-corrected chi connectivity index (χ2v) is 5.57. The first-order valence-corrected chi connectivity index (χ1v) is 8.00. The average Bonchev–Trinajstić information content (AvgIpc) is 2.53. The SMILES string of the molecule is CCN(CC)C(=O)c1ccc(NC(=O)N(C)CCC(=O)O)cc1Cl. The van der Waals surface area contributed by atoms with Crippen molar-refractivity contribution in [3.8, 4) is 0 Å². The number of benzene rings is 1. The molecule has 0 fully saturated rings. The smallest absolute Gasteiger partial charge is 0.321 e. The van der Waals surface area contributed by atoms with E-state index in [-0.39, 0.29) is 23.9 Å². The number of carboxylic acids is 1. The van der Waals surface area contributed by atoms with Gasteiger partial charge < -0.3 is 20.2 Å². The number of carbonyl (C=O) groups is 3. The number of hydrogen-bond donors (Lipinski definition) is 2. The molecule has 7 nitrogen and oxygen atoms in total. The zero-order valence-corrected chi connectivity index (χ0v) is 14.8. The average molecular weight is 356 g/mol. The lowest BCUT2D eigenvalue weighted by molar-refractivity contribution is -0.137. The summed E-state index contributed by atoms with van der Waals surface area (Å²) in [4.78, 5) is 37.7. The minimum absolute atomic E-state index is 0.0907. The summed E-state index contributed by atoms with van der Waals surface area (Å²) in [5.74, 6) is -1.14. The molecule has 0 aromatic heterocycles. The van der Waals surface area contributed by atoms with Gasteiger partial charge in [0.15, 0.2) is 0 Å². The van der Waals surface area contributed by atoms with Gasteiger partial charge in [0.2, 0.25) is 0 Å². The van der Waals surface area contributed by atoms with Gasteiger partial charge in [0, 0.05) is 32.4 Å². The van der Waals surface area contributed by atoms with E-state index >= 15 is 0 Å². The molecule has 0 aliphatic rings. The van der Waals surface area contributed by atoms with Crippen LogP contribution in [0.2, 0.25) is 5.02 Å². The zero-order valence-electron chi connectivity index (χ0n) is 14.0. The number of amides is 3. The van der Waals surface area contributed by atoms with Gasteiger partial charge in [-0.3, -0.25) is 9.59 Å². The Bertz CT molecular complexity index is 617. The molecule has 3 amide bonds. The molecule has 0 aliphatic heterocycles. The Hall–Kier alpha value is -2.28. The lowest BCUT2D eigenvalue weighted by atomic mass is 10.1. The molecular weight excluding hydrogens is 334 g/mol. The van der Waals surface area contributed by atoms with Crippen LogP contribution in [0.4, 0.5) is 10.5 Å². The number of nitrogens with one attached hydrogen (secondary N) is 1. The molecule has 1 rings (SSSR count). The Labute approximate surface area is 146 Å². The van der Waals surface area contributed by atoms with E-state index in [1.165, 1.54) is 18.0 Å². The number of hydrogen-bond acceptors (Lipinski definition) is 3. The van der Waals surface area contributed by atoms with Gasteiger partial charge in [-0.1, -0.05) is 11.6 Å². The van der Waals surface area contributed by atoms with E-state index in [1.807, 2.05) is 13.8 Å². The molecule has 0 atom stereocenters. The van der Waals surface area contributed by atoms with Gasteiger partial charge in [0.1, 0.15) is 0 Å². The molecule has 1 aromatic carbocycles. The van der Waals surface area contributed by atoms with Crippen LogP contribution in [-0.4, -0.2) is 59.5 Å². The van der Waals surface area contributed by atoms with E-state index in [0.717, 1.165) is 0 Å². The molecule has 0 saturated heterocycles. The summed E-state index contributed by atoms with van der Waals surface area (Å²) in [6.45, 7) is 5.03. The van der Waals surface area contributed by atoms with Crippen molar-refractivity contribution in [3.63, 3.8) is 0 Å². The minimum Gasteiger partial charge on any atom is -0.481 e. The molecule has 0 aliphatic carbocycles. The van der Waals surface area contributed by atoms with Gasteiger partial charge in [-0.25, -0.2) is 4.79 Å². The Morgan fingerprint density at radius 1 is 1.21 bits per heavy atom. The molecule has 0 heterocycles. The van der Waals surface area contributed by atoms with Gasteiger partial charge in [-0.05, 0) is 32.0 Å². The van der Waals surface area contributed by atoms with Gasteiger partial charge in [0.25, 0.3) is 5.91 Å². The highest BCUT2D eigenvalue weighted by atomic mass is 35.5. The summed E-state index contributed by atoms with van der Waals surface area (Å²) in [7, 11) is 1.50. The van der Waals surface area contributed by atoms with Gasteiger partial charge >= 0.3 is 12.0 Å². The largest absolute Gasteiger partial charge is 0.481 e. The monoisotopic (exact) mass is 355 g/mol. The van der Waals surface area contributed by atoms with Crippen LogP contribution in [0.1, 0.15) is 30.6 Å². The normalized spacial score (nSPS) is 10.2. The van der Waals surface area contributed by atoms with Crippen molar-refractivity contribution in [2.24, 2.45) is 0 Å². The first-order valence-electron chi connectivity index (χ1n) is 7.62. The highest BCUT2D eigenvalue weighted by Gasteiger charge is 2.17. The molecule has 132 valence electrons. The van der Waals surface area contributed by atoms with Crippen LogP contribution >= 0.6 is 11.6 Å². The van der Waals surface area contributed by atoms with Crippen molar-refractivity contribution in [1.29, 1.82) is 0 Å². The first-order chi connectivity index (χ1) is 11.3. The van der Waals surface area contributed by atoms with E-state index in [9.17, 15) is 14.4 Å². The van der Waals surface area contributed by atoms with Gasteiger partial charge in [-0.15, -0.1) is 0 Å². The predicted molar refractivity (Wildman–Crippen MR) is 92.6 cm³/mol. The van der Waals surface area contributed by atoms with E-state index in [0.29, 0.717) is 24.3 Å². The fourth-order valence-electron chi connectivity index (χ4n) is 2.03. The highest BCUT2D eigenvalue weighted by Crippen LogP contribution is 2.22. The maximum Gasteiger partial charge on any atom is 0.321 e. The molecule has 0 radical (unpaired) electrons. The summed E-state index contributed by atoms with van der Waals surface area (Å²) in [5, 5.41) is 11.5. The Morgan fingerprint density at radius 2 is 1.83 bits per heavy atom. The third kappa shape index (κ3) is 5.42. The van der Waals surface area contributed by atoms with Crippen molar-refractivity contribution in [1.82, 2.24) is 9.80 Å². The summed E-state index contributed by atoms with van der Waals surface area (Å²) >= 11 is 6.16. The number of carboxylic acid groups (broad SMARTS) is 1. The van der Waals surface area contributed by atoms with E-state index in [4.69, 9.17) is 16.7 Å². The highest BCUT2D eigenvalue weighted by molar-refractivity contribution is 6.34. The predicted octanol–water partition coefficient (Wildman–Crippen LogP) is 2.76. The quantitative estimate of drug-likeness (QED) is 0.786. The Morgan fingerprint density at radius 3 is 2.33 bits per heavy atom. The van der Waals surface area contributed by atoms with Gasteiger partial charge in [0.05, 0.1) is 17.0 Å². The second kappa shape index (κ2) is 9.12. The number of carbonyl (C=O) groups excluding carboxylic acids is 2. The minimum atomic E-state index is -0.975. The number of anilines is 1. The molecule has 2 N–H and O–H groups in total. The first kappa shape index (κ1) is 19.8. The fraction of sp³-hybridized carbons (Fsp3) is 0.438. The van der Waals surface area contributed by atoms with Crippen LogP contribution in [0.5, 0.6) is 0 Å². The van der Waals surface area contributed by atoms with Crippen molar-refractivity contribution in [2.75, 3.05) is 32.0 Å². The van der Waals surface area contributed by atoms with Crippen molar-refractivity contribution in [2.45, 2.75) is 20.3 Å². The third-order valence-electron chi connectivity index (χ3n) is 3.51. The Balaban J connectivity index is 2.79. The van der Waals surface area contributed by atoms with Crippen molar-refractivity contribution < 1.29 is 19.5 Å². The fourth-order valence-corrected chi connectivity index (χ4v) is 2.29. The van der Waals surface area contributed by atoms with Crippen molar-refractivity contribution >= 4 is 35.2 Å². The second-order valence-electron chi connectivity index (χ2n) is 5.17. The lowest BCUT2D eigenvalue weighted by Crippen LogP contribution is -2.33. The van der Waals surface area contributed by atoms with Crippen LogP contribution < -0.4 is 5.32 Å². The summed E-state index contributed by atoms with van der Waals surface area (Å²) in [6.07, 6.45) is -0.137. The summed E-state index contributed by atoms with van der Waals surface area (Å²) in [6, 6.07) is 4.21. The van der Waals surface area contributed by atoms with Crippen LogP contribution in [0.3, 0.4) is 0 Å². The van der Waals surface area contributed by atoms with Crippen LogP contribution in [-0.2, 0) is 4.79 Å². The number of nitrogens with zero attached hydrogens (tertiary/aromatic N) is 2. The molecule has 8 heteroatoms. The number of urea groups is 1. The Kier molecular flexibility index (Phi) is 7.51. The lowest BCUT2D eigenvalue weighted by Gasteiger charge is -2.20. The summed E-state index contributed by atoms with van der Waals surface area (Å²) in [5.41, 5.74) is 0.806. The van der Waals surface area contributed by atoms with Crippen LogP contribution in [0.15, 0.2) is 18.2 Å². The molecule has 1 aromatic rings. The molecule has 0 saturated carbocycles. The third-order valence-corrected chi connectivity index (χ3v) is 3.82. The summed E-state index contributed by atoms with van der Waals surface area (Å²) < 4.78 is 0. The van der Waals surface area contributed by atoms with Crippen LogP contribution in [0.25, 0.3) is 0 Å². The molecule has 24 heavy (non-hydrogen) atoms. The van der Waals surface area contributed by atoms with Crippen molar-refractivity contribution in [3.05, 3.63) is 28.8 Å². The van der Waals surface area contributed by atoms with Gasteiger partial charge in [-0.2, -0.15) is 0 Å². The number of halogens is 1.